The van der Waals surface area contributed by atoms with Gasteiger partial charge < -0.3 is 9.64 Å². The smallest absolute Gasteiger partial charge is 0.0502 e. The van der Waals surface area contributed by atoms with Gasteiger partial charge in [0.2, 0.25) is 0 Å². The van der Waals surface area contributed by atoms with Crippen molar-refractivity contribution in [2.24, 2.45) is 5.92 Å². The second kappa shape index (κ2) is 7.55. The first-order chi connectivity index (χ1) is 6.86. The molecule has 1 aliphatic rings. The Kier molecular flexibility index (Phi) is 6.65. The van der Waals surface area contributed by atoms with Crippen molar-refractivity contribution >= 4 is 12.6 Å². The minimum absolute atomic E-state index is 0.768. The number of thiol groups is 1. The number of methoxy groups -OCH3 is 1. The maximum absolute atomic E-state index is 5.22. The monoisotopic (exact) mass is 217 g/mol. The van der Waals surface area contributed by atoms with Crippen LogP contribution >= 0.6 is 12.6 Å². The lowest BCUT2D eigenvalue weighted by atomic mass is 9.99. The Bertz CT molecular complexity index is 141. The van der Waals surface area contributed by atoms with Gasteiger partial charge in [0, 0.05) is 13.7 Å². The molecule has 0 bridgehead atoms. The molecule has 0 N–H and O–H groups in total. The zero-order valence-corrected chi connectivity index (χ0v) is 10.1. The predicted octanol–water partition coefficient (Wildman–Crippen LogP) is 2.05. The number of rotatable bonds is 6. The van der Waals surface area contributed by atoms with Crippen molar-refractivity contribution < 1.29 is 4.74 Å². The van der Waals surface area contributed by atoms with Crippen molar-refractivity contribution in [3.05, 3.63) is 0 Å². The summed E-state index contributed by atoms with van der Waals surface area (Å²) in [5, 5.41) is 0. The lowest BCUT2D eigenvalue weighted by Gasteiger charge is -2.32. The Morgan fingerprint density at radius 2 is 2.29 bits per heavy atom. The van der Waals surface area contributed by atoms with Crippen LogP contribution in [-0.4, -0.2) is 44.0 Å². The highest BCUT2D eigenvalue weighted by atomic mass is 32.1. The summed E-state index contributed by atoms with van der Waals surface area (Å²) in [7, 11) is 1.81. The molecule has 1 heterocycles. The lowest BCUT2D eigenvalue weighted by Crippen LogP contribution is -2.37. The molecular weight excluding hydrogens is 194 g/mol. The van der Waals surface area contributed by atoms with Gasteiger partial charge in [-0.05, 0) is 50.4 Å². The lowest BCUT2D eigenvalue weighted by molar-refractivity contribution is 0.0901. The molecule has 1 rings (SSSR count). The van der Waals surface area contributed by atoms with Gasteiger partial charge in [0.05, 0.1) is 6.61 Å². The standard InChI is InChI=1S/C11H23NOS/c1-13-10-11-5-4-7-12(9-11)6-2-3-8-14/h11,14H,2-10H2,1H3. The van der Waals surface area contributed by atoms with Crippen molar-refractivity contribution in [3.8, 4) is 0 Å². The normalized spacial score (nSPS) is 24.0. The molecule has 0 radical (unpaired) electrons. The quantitative estimate of drug-likeness (QED) is 0.540. The summed E-state index contributed by atoms with van der Waals surface area (Å²) in [6, 6.07) is 0. The molecule has 0 amide bonds. The largest absolute Gasteiger partial charge is 0.384 e. The van der Waals surface area contributed by atoms with Crippen LogP contribution in [0.5, 0.6) is 0 Å². The Morgan fingerprint density at radius 3 is 3.00 bits per heavy atom. The number of ether oxygens (including phenoxy) is 1. The molecule has 0 aliphatic carbocycles. The second-order valence-corrected chi connectivity index (χ2v) is 4.64. The van der Waals surface area contributed by atoms with E-state index >= 15 is 0 Å². The SMILES string of the molecule is COCC1CCCN(CCCCS)C1. The summed E-state index contributed by atoms with van der Waals surface area (Å²) < 4.78 is 5.22. The Balaban J connectivity index is 2.12. The van der Waals surface area contributed by atoms with Crippen LogP contribution in [0.25, 0.3) is 0 Å². The second-order valence-electron chi connectivity index (χ2n) is 4.19. The third kappa shape index (κ3) is 4.67. The molecule has 0 aromatic rings. The third-order valence-corrected chi connectivity index (χ3v) is 3.20. The van der Waals surface area contributed by atoms with E-state index < -0.39 is 0 Å². The number of unbranched alkanes of at least 4 members (excludes halogenated alkanes) is 1. The van der Waals surface area contributed by atoms with Crippen LogP contribution in [0.4, 0.5) is 0 Å². The van der Waals surface area contributed by atoms with Crippen molar-refractivity contribution in [1.29, 1.82) is 0 Å². The highest BCUT2D eigenvalue weighted by molar-refractivity contribution is 7.80. The topological polar surface area (TPSA) is 12.5 Å². The number of likely N-dealkylation sites (tertiary alicyclic amines) is 1. The summed E-state index contributed by atoms with van der Waals surface area (Å²) >= 11 is 4.23. The first kappa shape index (κ1) is 12.3. The van der Waals surface area contributed by atoms with Gasteiger partial charge in [0.15, 0.2) is 0 Å². The zero-order chi connectivity index (χ0) is 10.2. The maximum Gasteiger partial charge on any atom is 0.0502 e. The van der Waals surface area contributed by atoms with Crippen molar-refractivity contribution in [3.63, 3.8) is 0 Å². The van der Waals surface area contributed by atoms with E-state index in [9.17, 15) is 0 Å². The molecule has 1 saturated heterocycles. The van der Waals surface area contributed by atoms with E-state index in [4.69, 9.17) is 4.74 Å². The number of hydrogen-bond acceptors (Lipinski definition) is 3. The summed E-state index contributed by atoms with van der Waals surface area (Å²) in [6.07, 6.45) is 5.23. The molecule has 0 aromatic heterocycles. The average Bonchev–Trinajstić information content (AvgIpc) is 2.19. The fraction of sp³-hybridized carbons (Fsp3) is 1.00. The first-order valence-corrected chi connectivity index (χ1v) is 6.32. The van der Waals surface area contributed by atoms with E-state index in [1.807, 2.05) is 0 Å². The van der Waals surface area contributed by atoms with E-state index in [-0.39, 0.29) is 0 Å². The van der Waals surface area contributed by atoms with Crippen LogP contribution in [0, 0.1) is 5.92 Å². The highest BCUT2D eigenvalue weighted by Crippen LogP contribution is 2.16. The fourth-order valence-corrected chi connectivity index (χ4v) is 2.40. The average molecular weight is 217 g/mol. The Hall–Kier alpha value is 0.270. The van der Waals surface area contributed by atoms with E-state index in [1.54, 1.807) is 7.11 Å². The van der Waals surface area contributed by atoms with E-state index in [1.165, 1.54) is 45.3 Å². The maximum atomic E-state index is 5.22. The van der Waals surface area contributed by atoms with E-state index in [2.05, 4.69) is 17.5 Å². The van der Waals surface area contributed by atoms with Gasteiger partial charge in [-0.3, -0.25) is 0 Å². The molecule has 84 valence electrons. The van der Waals surface area contributed by atoms with Crippen LogP contribution < -0.4 is 0 Å². The van der Waals surface area contributed by atoms with Gasteiger partial charge >= 0.3 is 0 Å². The van der Waals surface area contributed by atoms with Gasteiger partial charge in [0.25, 0.3) is 0 Å². The molecule has 1 aliphatic heterocycles. The number of hydrogen-bond donors (Lipinski definition) is 1. The van der Waals surface area contributed by atoms with Gasteiger partial charge in [-0.15, -0.1) is 0 Å². The Labute approximate surface area is 93.4 Å². The van der Waals surface area contributed by atoms with Gasteiger partial charge in [-0.25, -0.2) is 0 Å². The van der Waals surface area contributed by atoms with Crippen molar-refractivity contribution in [2.45, 2.75) is 25.7 Å². The fourth-order valence-electron chi connectivity index (χ4n) is 2.17. The highest BCUT2D eigenvalue weighted by Gasteiger charge is 2.18. The summed E-state index contributed by atoms with van der Waals surface area (Å²) in [5.74, 6) is 1.79. The summed E-state index contributed by atoms with van der Waals surface area (Å²) in [5.41, 5.74) is 0. The number of piperidine rings is 1. The molecule has 14 heavy (non-hydrogen) atoms. The summed E-state index contributed by atoms with van der Waals surface area (Å²) in [6.45, 7) is 4.71. The van der Waals surface area contributed by atoms with Gasteiger partial charge in [0.1, 0.15) is 0 Å². The van der Waals surface area contributed by atoms with Crippen molar-refractivity contribution in [2.75, 3.05) is 39.1 Å². The molecule has 1 unspecified atom stereocenters. The number of nitrogens with zero attached hydrogens (tertiary/aromatic N) is 1. The predicted molar refractivity (Wildman–Crippen MR) is 64.1 cm³/mol. The van der Waals surface area contributed by atoms with Gasteiger partial charge in [-0.2, -0.15) is 12.6 Å². The molecule has 0 saturated carbocycles. The minimum Gasteiger partial charge on any atom is -0.384 e. The molecule has 0 spiro atoms. The van der Waals surface area contributed by atoms with Crippen molar-refractivity contribution in [1.82, 2.24) is 4.90 Å². The van der Waals surface area contributed by atoms with Crippen LogP contribution in [0.1, 0.15) is 25.7 Å². The van der Waals surface area contributed by atoms with Crippen LogP contribution in [-0.2, 0) is 4.74 Å². The molecule has 0 aromatic carbocycles. The molecule has 2 nitrogen and oxygen atoms in total. The molecule has 3 heteroatoms. The first-order valence-electron chi connectivity index (χ1n) is 5.69. The van der Waals surface area contributed by atoms with E-state index in [0.717, 1.165) is 18.3 Å². The van der Waals surface area contributed by atoms with Crippen LogP contribution in [0.2, 0.25) is 0 Å². The van der Waals surface area contributed by atoms with E-state index in [0.29, 0.717) is 0 Å². The molecular formula is C11H23NOS. The minimum atomic E-state index is 0.768. The molecule has 1 fully saturated rings. The Morgan fingerprint density at radius 1 is 1.43 bits per heavy atom. The van der Waals surface area contributed by atoms with Crippen LogP contribution in [0.3, 0.4) is 0 Å². The van der Waals surface area contributed by atoms with Crippen LogP contribution in [0.15, 0.2) is 0 Å². The summed E-state index contributed by atoms with van der Waals surface area (Å²) in [4.78, 5) is 2.58. The van der Waals surface area contributed by atoms with Gasteiger partial charge in [-0.1, -0.05) is 0 Å². The third-order valence-electron chi connectivity index (χ3n) is 2.89. The molecule has 1 atom stereocenters. The zero-order valence-electron chi connectivity index (χ0n) is 9.24.